The maximum absolute atomic E-state index is 11.7. The van der Waals surface area contributed by atoms with Crippen LogP contribution in [0.3, 0.4) is 0 Å². The quantitative estimate of drug-likeness (QED) is 0.716. The largest absolute Gasteiger partial charge is 0.494 e. The molecule has 0 bridgehead atoms. The van der Waals surface area contributed by atoms with Crippen LogP contribution in [0.25, 0.3) is 0 Å². The molecule has 1 amide bonds. The van der Waals surface area contributed by atoms with Crippen LogP contribution < -0.4 is 10.1 Å². The summed E-state index contributed by atoms with van der Waals surface area (Å²) in [5.74, 6) is 0.752. The van der Waals surface area contributed by atoms with Gasteiger partial charge in [-0.05, 0) is 49.6 Å². The zero-order chi connectivity index (χ0) is 16.3. The first-order chi connectivity index (χ1) is 11.2. The van der Waals surface area contributed by atoms with E-state index in [1.54, 1.807) is 0 Å². The SMILES string of the molecule is Cc1cccc(NC(=O)COCCCCOc2ccccc2)c1. The standard InChI is InChI=1S/C19H23NO3/c1-16-8-7-9-17(14-16)20-19(21)15-22-12-5-6-13-23-18-10-3-2-4-11-18/h2-4,7-11,14H,5-6,12-13,15H2,1H3,(H,20,21). The summed E-state index contributed by atoms with van der Waals surface area (Å²) in [6, 6.07) is 17.4. The lowest BCUT2D eigenvalue weighted by atomic mass is 10.2. The molecule has 0 fully saturated rings. The molecule has 122 valence electrons. The van der Waals surface area contributed by atoms with Gasteiger partial charge in [0, 0.05) is 12.3 Å². The van der Waals surface area contributed by atoms with Gasteiger partial charge in [0.2, 0.25) is 5.91 Å². The monoisotopic (exact) mass is 313 g/mol. The fraction of sp³-hybridized carbons (Fsp3) is 0.316. The highest BCUT2D eigenvalue weighted by molar-refractivity contribution is 5.91. The number of unbranched alkanes of at least 4 members (excludes halogenated alkanes) is 1. The molecule has 0 saturated heterocycles. The Bertz CT molecular complexity index is 599. The molecule has 0 radical (unpaired) electrons. The fourth-order valence-electron chi connectivity index (χ4n) is 2.10. The van der Waals surface area contributed by atoms with E-state index in [1.807, 2.05) is 61.5 Å². The van der Waals surface area contributed by atoms with Gasteiger partial charge in [0.05, 0.1) is 6.61 Å². The highest BCUT2D eigenvalue weighted by Gasteiger charge is 2.02. The lowest BCUT2D eigenvalue weighted by Gasteiger charge is -2.08. The van der Waals surface area contributed by atoms with Crippen molar-refractivity contribution in [3.05, 3.63) is 60.2 Å². The molecular formula is C19H23NO3. The number of hydrogen-bond acceptors (Lipinski definition) is 3. The molecule has 1 N–H and O–H groups in total. The van der Waals surface area contributed by atoms with Gasteiger partial charge in [-0.15, -0.1) is 0 Å². The normalized spacial score (nSPS) is 10.3. The van der Waals surface area contributed by atoms with Crippen molar-refractivity contribution in [2.75, 3.05) is 25.1 Å². The number of carbonyl (C=O) groups is 1. The average molecular weight is 313 g/mol. The molecule has 4 heteroatoms. The van der Waals surface area contributed by atoms with E-state index in [0.717, 1.165) is 29.8 Å². The average Bonchev–Trinajstić information content (AvgIpc) is 2.55. The summed E-state index contributed by atoms with van der Waals surface area (Å²) in [6.07, 6.45) is 1.76. The second kappa shape index (κ2) is 9.64. The number of aryl methyl sites for hydroxylation is 1. The Balaban J connectivity index is 1.51. The van der Waals surface area contributed by atoms with Crippen LogP contribution in [0.4, 0.5) is 5.69 Å². The molecule has 0 atom stereocenters. The number of anilines is 1. The smallest absolute Gasteiger partial charge is 0.250 e. The van der Waals surface area contributed by atoms with Crippen molar-refractivity contribution in [2.24, 2.45) is 0 Å². The van der Waals surface area contributed by atoms with Gasteiger partial charge in [-0.3, -0.25) is 4.79 Å². The minimum absolute atomic E-state index is 0.0769. The zero-order valence-electron chi connectivity index (χ0n) is 13.5. The van der Waals surface area contributed by atoms with E-state index in [-0.39, 0.29) is 12.5 Å². The summed E-state index contributed by atoms with van der Waals surface area (Å²) in [7, 11) is 0. The summed E-state index contributed by atoms with van der Waals surface area (Å²) in [6.45, 7) is 3.28. The van der Waals surface area contributed by atoms with Gasteiger partial charge in [0.1, 0.15) is 12.4 Å². The second-order valence-electron chi connectivity index (χ2n) is 5.34. The number of para-hydroxylation sites is 1. The van der Waals surface area contributed by atoms with E-state index in [2.05, 4.69) is 5.32 Å². The topological polar surface area (TPSA) is 47.6 Å². The molecule has 0 aromatic heterocycles. The summed E-state index contributed by atoms with van der Waals surface area (Å²) < 4.78 is 11.0. The van der Waals surface area contributed by atoms with E-state index in [0.29, 0.717) is 13.2 Å². The van der Waals surface area contributed by atoms with Crippen LogP contribution >= 0.6 is 0 Å². The van der Waals surface area contributed by atoms with Gasteiger partial charge >= 0.3 is 0 Å². The third-order valence-corrected chi connectivity index (χ3v) is 3.23. The Morgan fingerprint density at radius 3 is 2.57 bits per heavy atom. The Morgan fingerprint density at radius 1 is 1.00 bits per heavy atom. The third kappa shape index (κ3) is 6.98. The maximum Gasteiger partial charge on any atom is 0.250 e. The van der Waals surface area contributed by atoms with Gasteiger partial charge < -0.3 is 14.8 Å². The molecule has 23 heavy (non-hydrogen) atoms. The minimum atomic E-state index is -0.129. The molecule has 4 nitrogen and oxygen atoms in total. The maximum atomic E-state index is 11.7. The van der Waals surface area contributed by atoms with Gasteiger partial charge in [0.25, 0.3) is 0 Å². The van der Waals surface area contributed by atoms with Crippen LogP contribution in [-0.4, -0.2) is 25.7 Å². The lowest BCUT2D eigenvalue weighted by molar-refractivity contribution is -0.120. The van der Waals surface area contributed by atoms with E-state index in [4.69, 9.17) is 9.47 Å². The lowest BCUT2D eigenvalue weighted by Crippen LogP contribution is -2.18. The molecule has 0 spiro atoms. The van der Waals surface area contributed by atoms with Crippen LogP contribution in [0.1, 0.15) is 18.4 Å². The highest BCUT2D eigenvalue weighted by atomic mass is 16.5. The molecule has 0 aliphatic rings. The summed E-state index contributed by atoms with van der Waals surface area (Å²) in [5, 5.41) is 2.82. The second-order valence-corrected chi connectivity index (χ2v) is 5.34. The zero-order valence-corrected chi connectivity index (χ0v) is 13.5. The van der Waals surface area contributed by atoms with E-state index >= 15 is 0 Å². The van der Waals surface area contributed by atoms with Crippen LogP contribution in [0.15, 0.2) is 54.6 Å². The van der Waals surface area contributed by atoms with Crippen LogP contribution in [0.2, 0.25) is 0 Å². The van der Waals surface area contributed by atoms with Crippen LogP contribution in [-0.2, 0) is 9.53 Å². The first kappa shape index (κ1) is 17.0. The third-order valence-electron chi connectivity index (χ3n) is 3.23. The summed E-state index contributed by atoms with van der Waals surface area (Å²) in [5.41, 5.74) is 1.91. The Morgan fingerprint density at radius 2 is 1.78 bits per heavy atom. The van der Waals surface area contributed by atoms with Crippen molar-refractivity contribution in [1.29, 1.82) is 0 Å². The van der Waals surface area contributed by atoms with E-state index in [9.17, 15) is 4.79 Å². The van der Waals surface area contributed by atoms with Crippen molar-refractivity contribution < 1.29 is 14.3 Å². The molecule has 2 aromatic carbocycles. The van der Waals surface area contributed by atoms with Crippen molar-refractivity contribution in [2.45, 2.75) is 19.8 Å². The highest BCUT2D eigenvalue weighted by Crippen LogP contribution is 2.10. The molecule has 0 aliphatic carbocycles. The van der Waals surface area contributed by atoms with Crippen molar-refractivity contribution in [3.63, 3.8) is 0 Å². The van der Waals surface area contributed by atoms with Gasteiger partial charge in [-0.1, -0.05) is 30.3 Å². The van der Waals surface area contributed by atoms with Gasteiger partial charge in [-0.2, -0.15) is 0 Å². The number of ether oxygens (including phenoxy) is 2. The van der Waals surface area contributed by atoms with Crippen LogP contribution in [0.5, 0.6) is 5.75 Å². The predicted molar refractivity (Wildman–Crippen MR) is 91.8 cm³/mol. The summed E-state index contributed by atoms with van der Waals surface area (Å²) in [4.78, 5) is 11.7. The number of carbonyl (C=O) groups excluding carboxylic acids is 1. The van der Waals surface area contributed by atoms with E-state index < -0.39 is 0 Å². The number of amides is 1. The van der Waals surface area contributed by atoms with Crippen molar-refractivity contribution in [3.8, 4) is 5.75 Å². The van der Waals surface area contributed by atoms with Crippen LogP contribution in [0, 0.1) is 6.92 Å². The Hall–Kier alpha value is -2.33. The minimum Gasteiger partial charge on any atom is -0.494 e. The Labute approximate surface area is 137 Å². The van der Waals surface area contributed by atoms with Crippen molar-refractivity contribution >= 4 is 11.6 Å². The number of hydrogen-bond donors (Lipinski definition) is 1. The summed E-state index contributed by atoms with van der Waals surface area (Å²) >= 11 is 0. The number of benzene rings is 2. The van der Waals surface area contributed by atoms with Crippen molar-refractivity contribution in [1.82, 2.24) is 0 Å². The molecular weight excluding hydrogens is 290 g/mol. The first-order valence-electron chi connectivity index (χ1n) is 7.86. The van der Waals surface area contributed by atoms with E-state index in [1.165, 1.54) is 0 Å². The Kier molecular flexibility index (Phi) is 7.14. The molecule has 0 heterocycles. The number of rotatable bonds is 9. The fourth-order valence-corrected chi connectivity index (χ4v) is 2.10. The van der Waals surface area contributed by atoms with Gasteiger partial charge in [0.15, 0.2) is 0 Å². The molecule has 2 aromatic rings. The molecule has 0 unspecified atom stereocenters. The molecule has 0 aliphatic heterocycles. The predicted octanol–water partition coefficient (Wildman–Crippen LogP) is 3.81. The molecule has 0 saturated carbocycles. The first-order valence-corrected chi connectivity index (χ1v) is 7.86. The molecule has 2 rings (SSSR count). The van der Waals surface area contributed by atoms with Gasteiger partial charge in [-0.25, -0.2) is 0 Å². The number of nitrogens with one attached hydrogen (secondary N) is 1.